The van der Waals surface area contributed by atoms with E-state index in [2.05, 4.69) is 4.90 Å². The van der Waals surface area contributed by atoms with Gasteiger partial charge >= 0.3 is 0 Å². The average molecular weight is 317 g/mol. The molecule has 1 heterocycles. The molecule has 112 valence electrons. The Morgan fingerprint density at radius 3 is 2.80 bits per heavy atom. The van der Waals surface area contributed by atoms with Crippen LogP contribution in [0.3, 0.4) is 0 Å². The first kappa shape index (κ1) is 16.1. The third kappa shape index (κ3) is 3.86. The van der Waals surface area contributed by atoms with Crippen molar-refractivity contribution in [1.82, 2.24) is 4.90 Å². The number of halogens is 2. The van der Waals surface area contributed by atoms with E-state index in [1.165, 1.54) is 12.8 Å². The number of hydrogen-bond acceptors (Lipinski definition) is 3. The molecule has 0 amide bonds. The fourth-order valence-corrected chi connectivity index (χ4v) is 3.18. The molecule has 0 aliphatic carbocycles. The molecule has 1 aliphatic rings. The number of nitrogens with zero attached hydrogens (tertiary/aromatic N) is 1. The molecule has 1 saturated heterocycles. The molecule has 0 bridgehead atoms. The third-order valence-electron chi connectivity index (χ3n) is 3.90. The highest BCUT2D eigenvalue weighted by atomic mass is 35.5. The van der Waals surface area contributed by atoms with E-state index in [4.69, 9.17) is 33.7 Å². The summed E-state index contributed by atoms with van der Waals surface area (Å²) in [5, 5.41) is 1.17. The van der Waals surface area contributed by atoms with Crippen LogP contribution in [0.1, 0.15) is 30.9 Å². The first-order valence-electron chi connectivity index (χ1n) is 7.07. The SMILES string of the molecule is COCCN1CCCCC(N)C1c1ccc(Cl)c(Cl)c1. The largest absolute Gasteiger partial charge is 0.383 e. The molecular formula is C15H22Cl2N2O. The Bertz CT molecular complexity index is 442. The second kappa shape index (κ2) is 7.62. The lowest BCUT2D eigenvalue weighted by Gasteiger charge is -2.33. The fraction of sp³-hybridized carbons (Fsp3) is 0.600. The smallest absolute Gasteiger partial charge is 0.0595 e. The summed E-state index contributed by atoms with van der Waals surface area (Å²) in [5.41, 5.74) is 7.55. The van der Waals surface area contributed by atoms with Gasteiger partial charge in [0.05, 0.1) is 22.7 Å². The van der Waals surface area contributed by atoms with Crippen molar-refractivity contribution in [2.75, 3.05) is 26.8 Å². The second-order valence-corrected chi connectivity index (χ2v) is 6.12. The number of hydrogen-bond donors (Lipinski definition) is 1. The standard InChI is InChI=1S/C15H22Cl2N2O/c1-20-9-8-19-7-3-2-4-14(18)15(19)11-5-6-12(16)13(17)10-11/h5-6,10,14-15H,2-4,7-9,18H2,1H3. The van der Waals surface area contributed by atoms with Crippen molar-refractivity contribution in [3.8, 4) is 0 Å². The molecule has 2 rings (SSSR count). The van der Waals surface area contributed by atoms with E-state index in [0.717, 1.165) is 25.1 Å². The van der Waals surface area contributed by atoms with Gasteiger partial charge in [0, 0.05) is 19.7 Å². The van der Waals surface area contributed by atoms with Crippen molar-refractivity contribution in [1.29, 1.82) is 0 Å². The number of rotatable bonds is 4. The molecule has 2 N–H and O–H groups in total. The molecule has 0 aromatic heterocycles. The molecule has 2 unspecified atom stereocenters. The lowest BCUT2D eigenvalue weighted by Crippen LogP contribution is -2.41. The van der Waals surface area contributed by atoms with Gasteiger partial charge in [0.2, 0.25) is 0 Å². The average Bonchev–Trinajstić information content (AvgIpc) is 2.61. The fourth-order valence-electron chi connectivity index (χ4n) is 2.88. The molecule has 0 radical (unpaired) electrons. The maximum absolute atomic E-state index is 6.40. The van der Waals surface area contributed by atoms with Crippen LogP contribution in [-0.4, -0.2) is 37.7 Å². The molecule has 1 aromatic rings. The molecule has 1 aromatic carbocycles. The zero-order chi connectivity index (χ0) is 14.5. The maximum Gasteiger partial charge on any atom is 0.0595 e. The van der Waals surface area contributed by atoms with Crippen LogP contribution < -0.4 is 5.73 Å². The number of nitrogens with two attached hydrogens (primary N) is 1. The van der Waals surface area contributed by atoms with Gasteiger partial charge in [0.1, 0.15) is 0 Å². The van der Waals surface area contributed by atoms with E-state index >= 15 is 0 Å². The number of benzene rings is 1. The predicted octanol–water partition coefficient (Wildman–Crippen LogP) is 3.49. The third-order valence-corrected chi connectivity index (χ3v) is 4.64. The molecule has 0 saturated carbocycles. The van der Waals surface area contributed by atoms with Gasteiger partial charge in [-0.05, 0) is 37.1 Å². The van der Waals surface area contributed by atoms with Crippen LogP contribution in [0.15, 0.2) is 18.2 Å². The topological polar surface area (TPSA) is 38.5 Å². The van der Waals surface area contributed by atoms with Crippen LogP contribution in [0.25, 0.3) is 0 Å². The molecule has 3 nitrogen and oxygen atoms in total. The first-order valence-corrected chi connectivity index (χ1v) is 7.82. The Balaban J connectivity index is 2.26. The highest BCUT2D eigenvalue weighted by molar-refractivity contribution is 6.42. The lowest BCUT2D eigenvalue weighted by molar-refractivity contribution is 0.115. The summed E-state index contributed by atoms with van der Waals surface area (Å²) >= 11 is 12.2. The van der Waals surface area contributed by atoms with E-state index in [-0.39, 0.29) is 12.1 Å². The van der Waals surface area contributed by atoms with E-state index in [9.17, 15) is 0 Å². The van der Waals surface area contributed by atoms with Gasteiger partial charge in [-0.25, -0.2) is 0 Å². The molecule has 2 atom stereocenters. The van der Waals surface area contributed by atoms with Gasteiger partial charge in [-0.1, -0.05) is 35.7 Å². The minimum atomic E-state index is 0.117. The van der Waals surface area contributed by atoms with E-state index < -0.39 is 0 Å². The zero-order valence-electron chi connectivity index (χ0n) is 11.8. The van der Waals surface area contributed by atoms with Gasteiger partial charge < -0.3 is 10.5 Å². The van der Waals surface area contributed by atoms with Gasteiger partial charge in [-0.15, -0.1) is 0 Å². The van der Waals surface area contributed by atoms with Gasteiger partial charge in [-0.2, -0.15) is 0 Å². The Labute approximate surface area is 131 Å². The molecule has 1 aliphatic heterocycles. The van der Waals surface area contributed by atoms with Crippen molar-refractivity contribution in [2.24, 2.45) is 5.73 Å². The van der Waals surface area contributed by atoms with Crippen LogP contribution in [-0.2, 0) is 4.74 Å². The summed E-state index contributed by atoms with van der Waals surface area (Å²) in [4.78, 5) is 2.40. The van der Waals surface area contributed by atoms with Gasteiger partial charge in [0.15, 0.2) is 0 Å². The zero-order valence-corrected chi connectivity index (χ0v) is 13.3. The Hall–Kier alpha value is -0.320. The number of ether oxygens (including phenoxy) is 1. The number of methoxy groups -OCH3 is 1. The maximum atomic E-state index is 6.40. The van der Waals surface area contributed by atoms with E-state index in [0.29, 0.717) is 16.7 Å². The summed E-state index contributed by atoms with van der Waals surface area (Å²) < 4.78 is 5.22. The van der Waals surface area contributed by atoms with Crippen LogP contribution >= 0.6 is 23.2 Å². The van der Waals surface area contributed by atoms with Gasteiger partial charge in [0.25, 0.3) is 0 Å². The lowest BCUT2D eigenvalue weighted by atomic mass is 9.96. The first-order chi connectivity index (χ1) is 9.63. The summed E-state index contributed by atoms with van der Waals surface area (Å²) in [6, 6.07) is 6.13. The normalized spacial score (nSPS) is 24.6. The van der Waals surface area contributed by atoms with Crippen LogP contribution in [0, 0.1) is 0 Å². The molecule has 0 spiro atoms. The summed E-state index contributed by atoms with van der Waals surface area (Å²) in [5.74, 6) is 0. The highest BCUT2D eigenvalue weighted by Crippen LogP contribution is 2.32. The van der Waals surface area contributed by atoms with E-state index in [1.54, 1.807) is 7.11 Å². The number of likely N-dealkylation sites (tertiary alicyclic amines) is 1. The minimum absolute atomic E-state index is 0.117. The minimum Gasteiger partial charge on any atom is -0.383 e. The second-order valence-electron chi connectivity index (χ2n) is 5.31. The monoisotopic (exact) mass is 316 g/mol. The van der Waals surface area contributed by atoms with Crippen molar-refractivity contribution >= 4 is 23.2 Å². The highest BCUT2D eigenvalue weighted by Gasteiger charge is 2.28. The van der Waals surface area contributed by atoms with Crippen LogP contribution in [0.4, 0.5) is 0 Å². The Morgan fingerprint density at radius 1 is 1.30 bits per heavy atom. The predicted molar refractivity (Wildman–Crippen MR) is 84.5 cm³/mol. The Kier molecular flexibility index (Phi) is 6.12. The summed E-state index contributed by atoms with van der Waals surface area (Å²) in [6.07, 6.45) is 3.38. The molecule has 20 heavy (non-hydrogen) atoms. The van der Waals surface area contributed by atoms with Crippen molar-refractivity contribution < 1.29 is 4.74 Å². The van der Waals surface area contributed by atoms with Crippen molar-refractivity contribution in [3.05, 3.63) is 33.8 Å². The quantitative estimate of drug-likeness (QED) is 0.924. The summed E-state index contributed by atoms with van der Waals surface area (Å²) in [7, 11) is 1.73. The molecule has 1 fully saturated rings. The van der Waals surface area contributed by atoms with Crippen molar-refractivity contribution in [2.45, 2.75) is 31.3 Å². The van der Waals surface area contributed by atoms with Crippen LogP contribution in [0.2, 0.25) is 10.0 Å². The van der Waals surface area contributed by atoms with Crippen LogP contribution in [0.5, 0.6) is 0 Å². The molecular weight excluding hydrogens is 295 g/mol. The van der Waals surface area contributed by atoms with Gasteiger partial charge in [-0.3, -0.25) is 4.90 Å². The van der Waals surface area contributed by atoms with Crippen molar-refractivity contribution in [3.63, 3.8) is 0 Å². The van der Waals surface area contributed by atoms with E-state index in [1.807, 2.05) is 18.2 Å². The summed E-state index contributed by atoms with van der Waals surface area (Å²) in [6.45, 7) is 2.64. The Morgan fingerprint density at radius 2 is 2.10 bits per heavy atom. The molecule has 5 heteroatoms.